The van der Waals surface area contributed by atoms with E-state index in [1.807, 2.05) is 0 Å². The van der Waals surface area contributed by atoms with Gasteiger partial charge in [0.25, 0.3) is 0 Å². The van der Waals surface area contributed by atoms with Crippen LogP contribution in [0, 0.1) is 11.8 Å². The molecular formula is C13H22N4S. The van der Waals surface area contributed by atoms with Gasteiger partial charge < -0.3 is 5.32 Å². The summed E-state index contributed by atoms with van der Waals surface area (Å²) in [6.45, 7) is 6.71. The van der Waals surface area contributed by atoms with Crippen LogP contribution in [0.4, 0.5) is 5.13 Å². The van der Waals surface area contributed by atoms with Gasteiger partial charge in [-0.15, -0.1) is 10.2 Å². The summed E-state index contributed by atoms with van der Waals surface area (Å²) < 4.78 is 0. The molecule has 0 spiro atoms. The van der Waals surface area contributed by atoms with Gasteiger partial charge in [-0.1, -0.05) is 24.7 Å². The quantitative estimate of drug-likeness (QED) is 0.889. The van der Waals surface area contributed by atoms with Crippen molar-refractivity contribution in [3.8, 4) is 0 Å². The fourth-order valence-corrected chi connectivity index (χ4v) is 4.08. The molecule has 2 aliphatic rings. The van der Waals surface area contributed by atoms with Gasteiger partial charge in [0, 0.05) is 19.6 Å². The van der Waals surface area contributed by atoms with Gasteiger partial charge in [0.05, 0.1) is 6.54 Å². The van der Waals surface area contributed by atoms with Gasteiger partial charge in [0.1, 0.15) is 5.01 Å². The summed E-state index contributed by atoms with van der Waals surface area (Å²) in [5, 5.41) is 13.9. The van der Waals surface area contributed by atoms with Crippen LogP contribution in [-0.2, 0) is 6.54 Å². The van der Waals surface area contributed by atoms with Crippen molar-refractivity contribution in [2.24, 2.45) is 11.8 Å². The Balaban J connectivity index is 1.52. The third-order valence-electron chi connectivity index (χ3n) is 4.15. The van der Waals surface area contributed by atoms with Crippen LogP contribution < -0.4 is 5.32 Å². The minimum atomic E-state index is 0.968. The standard InChI is InChI=1S/C13H22N4S/c1-2-6-14-13-16-15-12(18-13)9-17-7-10-4-3-5-11(10)8-17/h10-11H,2-9H2,1H3,(H,14,16). The summed E-state index contributed by atoms with van der Waals surface area (Å²) in [6.07, 6.45) is 5.47. The molecule has 1 N–H and O–H groups in total. The Morgan fingerprint density at radius 3 is 2.78 bits per heavy atom. The highest BCUT2D eigenvalue weighted by Crippen LogP contribution is 2.38. The number of hydrogen-bond acceptors (Lipinski definition) is 5. The Kier molecular flexibility index (Phi) is 3.80. The van der Waals surface area contributed by atoms with E-state index in [2.05, 4.69) is 27.3 Å². The van der Waals surface area contributed by atoms with E-state index in [9.17, 15) is 0 Å². The molecule has 5 heteroatoms. The smallest absolute Gasteiger partial charge is 0.205 e. The molecule has 2 fully saturated rings. The average molecular weight is 266 g/mol. The topological polar surface area (TPSA) is 41.1 Å². The molecule has 2 unspecified atom stereocenters. The minimum Gasteiger partial charge on any atom is -0.360 e. The molecular weight excluding hydrogens is 244 g/mol. The first kappa shape index (κ1) is 12.4. The Labute approximate surface area is 113 Å². The average Bonchev–Trinajstić information content (AvgIpc) is 3.02. The van der Waals surface area contributed by atoms with Crippen molar-refractivity contribution in [2.75, 3.05) is 25.0 Å². The summed E-state index contributed by atoms with van der Waals surface area (Å²) >= 11 is 1.71. The molecule has 0 amide bonds. The zero-order valence-electron chi connectivity index (χ0n) is 11.1. The lowest BCUT2D eigenvalue weighted by atomic mass is 10.0. The molecule has 1 aliphatic carbocycles. The zero-order valence-corrected chi connectivity index (χ0v) is 11.9. The van der Waals surface area contributed by atoms with Gasteiger partial charge in [-0.25, -0.2) is 0 Å². The summed E-state index contributed by atoms with van der Waals surface area (Å²) in [4.78, 5) is 2.57. The third kappa shape index (κ3) is 2.67. The van der Waals surface area contributed by atoms with Gasteiger partial charge in [-0.2, -0.15) is 0 Å². The summed E-state index contributed by atoms with van der Waals surface area (Å²) in [5.74, 6) is 1.94. The lowest BCUT2D eigenvalue weighted by Crippen LogP contribution is -2.20. The SMILES string of the molecule is CCCNc1nnc(CN2CC3CCCC3C2)s1. The second-order valence-electron chi connectivity index (χ2n) is 5.57. The van der Waals surface area contributed by atoms with Crippen LogP contribution in [0.3, 0.4) is 0 Å². The van der Waals surface area contributed by atoms with E-state index in [1.165, 1.54) is 32.4 Å². The molecule has 4 nitrogen and oxygen atoms in total. The lowest BCUT2D eigenvalue weighted by Gasteiger charge is -2.13. The van der Waals surface area contributed by atoms with E-state index >= 15 is 0 Å². The molecule has 1 aromatic heterocycles. The molecule has 0 bridgehead atoms. The van der Waals surface area contributed by atoms with E-state index in [0.29, 0.717) is 0 Å². The maximum atomic E-state index is 4.29. The maximum Gasteiger partial charge on any atom is 0.205 e. The number of nitrogens with one attached hydrogen (secondary N) is 1. The summed E-state index contributed by atoms with van der Waals surface area (Å²) in [5.41, 5.74) is 0. The number of hydrogen-bond donors (Lipinski definition) is 1. The molecule has 0 radical (unpaired) electrons. The fraction of sp³-hybridized carbons (Fsp3) is 0.846. The largest absolute Gasteiger partial charge is 0.360 e. The van der Waals surface area contributed by atoms with E-state index < -0.39 is 0 Å². The Bertz CT molecular complexity index is 380. The molecule has 2 atom stereocenters. The van der Waals surface area contributed by atoms with Crippen LogP contribution in [0.25, 0.3) is 0 Å². The lowest BCUT2D eigenvalue weighted by molar-refractivity contribution is 0.302. The van der Waals surface area contributed by atoms with Gasteiger partial charge in [0.15, 0.2) is 0 Å². The van der Waals surface area contributed by atoms with Crippen LogP contribution in [0.1, 0.15) is 37.6 Å². The van der Waals surface area contributed by atoms with Crippen LogP contribution in [-0.4, -0.2) is 34.7 Å². The van der Waals surface area contributed by atoms with E-state index in [-0.39, 0.29) is 0 Å². The fourth-order valence-electron chi connectivity index (χ4n) is 3.27. The molecule has 1 aliphatic heterocycles. The van der Waals surface area contributed by atoms with Crippen LogP contribution >= 0.6 is 11.3 Å². The molecule has 18 heavy (non-hydrogen) atoms. The van der Waals surface area contributed by atoms with Gasteiger partial charge in [-0.05, 0) is 31.1 Å². The van der Waals surface area contributed by atoms with E-state index in [0.717, 1.165) is 41.5 Å². The Morgan fingerprint density at radius 1 is 1.28 bits per heavy atom. The van der Waals surface area contributed by atoms with E-state index in [4.69, 9.17) is 0 Å². The highest BCUT2D eigenvalue weighted by Gasteiger charge is 2.36. The van der Waals surface area contributed by atoms with E-state index in [1.54, 1.807) is 11.3 Å². The second-order valence-corrected chi connectivity index (χ2v) is 6.63. The number of anilines is 1. The second kappa shape index (κ2) is 5.53. The highest BCUT2D eigenvalue weighted by atomic mass is 32.1. The molecule has 1 aromatic rings. The summed E-state index contributed by atoms with van der Waals surface area (Å²) in [6, 6.07) is 0. The zero-order chi connectivity index (χ0) is 12.4. The summed E-state index contributed by atoms with van der Waals surface area (Å²) in [7, 11) is 0. The van der Waals surface area contributed by atoms with Crippen molar-refractivity contribution in [1.29, 1.82) is 0 Å². The third-order valence-corrected chi connectivity index (χ3v) is 5.02. The molecule has 0 aromatic carbocycles. The molecule has 1 saturated carbocycles. The number of rotatable bonds is 5. The Hall–Kier alpha value is -0.680. The first-order valence-electron chi connectivity index (χ1n) is 7.13. The normalized spacial score (nSPS) is 27.6. The number of aromatic nitrogens is 2. The molecule has 100 valence electrons. The maximum absolute atomic E-state index is 4.29. The first-order chi connectivity index (χ1) is 8.85. The van der Waals surface area contributed by atoms with Gasteiger partial charge >= 0.3 is 0 Å². The predicted octanol–water partition coefficient (Wildman–Crippen LogP) is 2.59. The van der Waals surface area contributed by atoms with Crippen molar-refractivity contribution < 1.29 is 0 Å². The minimum absolute atomic E-state index is 0.968. The monoisotopic (exact) mass is 266 g/mol. The van der Waals surface area contributed by atoms with Gasteiger partial charge in [0.2, 0.25) is 5.13 Å². The molecule has 3 rings (SSSR count). The van der Waals surface area contributed by atoms with Crippen molar-refractivity contribution in [3.05, 3.63) is 5.01 Å². The number of nitrogens with zero attached hydrogens (tertiary/aromatic N) is 3. The van der Waals surface area contributed by atoms with Crippen LogP contribution in [0.2, 0.25) is 0 Å². The highest BCUT2D eigenvalue weighted by molar-refractivity contribution is 7.15. The number of likely N-dealkylation sites (tertiary alicyclic amines) is 1. The van der Waals surface area contributed by atoms with Gasteiger partial charge in [-0.3, -0.25) is 4.90 Å². The van der Waals surface area contributed by atoms with Crippen molar-refractivity contribution in [1.82, 2.24) is 15.1 Å². The van der Waals surface area contributed by atoms with Crippen molar-refractivity contribution in [2.45, 2.75) is 39.2 Å². The van der Waals surface area contributed by atoms with Crippen LogP contribution in [0.5, 0.6) is 0 Å². The number of fused-ring (bicyclic) bond motifs is 1. The molecule has 2 heterocycles. The predicted molar refractivity (Wildman–Crippen MR) is 74.8 cm³/mol. The molecule has 1 saturated heterocycles. The Morgan fingerprint density at radius 2 is 2.06 bits per heavy atom. The van der Waals surface area contributed by atoms with Crippen molar-refractivity contribution in [3.63, 3.8) is 0 Å². The van der Waals surface area contributed by atoms with Crippen molar-refractivity contribution >= 4 is 16.5 Å². The first-order valence-corrected chi connectivity index (χ1v) is 7.95. The van der Waals surface area contributed by atoms with Crippen LogP contribution in [0.15, 0.2) is 0 Å².